The van der Waals surface area contributed by atoms with Crippen molar-refractivity contribution in [3.63, 3.8) is 0 Å². The Bertz CT molecular complexity index is 323. The van der Waals surface area contributed by atoms with Crippen molar-refractivity contribution in [2.75, 3.05) is 13.6 Å². The van der Waals surface area contributed by atoms with E-state index < -0.39 is 0 Å². The highest BCUT2D eigenvalue weighted by atomic mass is 14.8. The van der Waals surface area contributed by atoms with E-state index in [-0.39, 0.29) is 0 Å². The summed E-state index contributed by atoms with van der Waals surface area (Å²) in [6.45, 7) is 16.8. The minimum Gasteiger partial charge on any atom is -0.319 e. The van der Waals surface area contributed by atoms with Gasteiger partial charge in [-0.25, -0.2) is 0 Å². The largest absolute Gasteiger partial charge is 0.319 e. The van der Waals surface area contributed by atoms with E-state index in [9.17, 15) is 0 Å². The first-order chi connectivity index (χ1) is 9.37. The summed E-state index contributed by atoms with van der Waals surface area (Å²) in [5.74, 6) is 1.16. The molecule has 1 N–H and O–H groups in total. The van der Waals surface area contributed by atoms with Crippen LogP contribution in [0.2, 0.25) is 0 Å². The third-order valence-corrected chi connectivity index (χ3v) is 4.00. The molecule has 0 heterocycles. The van der Waals surface area contributed by atoms with Crippen LogP contribution < -0.4 is 5.32 Å². The zero-order chi connectivity index (χ0) is 15.6. The van der Waals surface area contributed by atoms with Crippen LogP contribution in [0.4, 0.5) is 0 Å². The number of allylic oxidation sites excluding steroid dienone is 5. The second-order valence-electron chi connectivity index (χ2n) is 6.72. The average Bonchev–Trinajstić information content (AvgIpc) is 2.36. The Balaban J connectivity index is 4.93. The molecule has 0 rings (SSSR count). The van der Waals surface area contributed by atoms with Gasteiger partial charge in [0.1, 0.15) is 0 Å². The Morgan fingerprint density at radius 1 is 1.30 bits per heavy atom. The van der Waals surface area contributed by atoms with Crippen LogP contribution in [-0.2, 0) is 0 Å². The van der Waals surface area contributed by atoms with E-state index in [2.05, 4.69) is 63.9 Å². The molecule has 0 saturated heterocycles. The molecule has 0 fully saturated rings. The van der Waals surface area contributed by atoms with Gasteiger partial charge in [-0.3, -0.25) is 0 Å². The molecule has 116 valence electrons. The maximum atomic E-state index is 4.33. The van der Waals surface area contributed by atoms with Crippen LogP contribution in [0.1, 0.15) is 53.9 Å². The van der Waals surface area contributed by atoms with E-state index in [4.69, 9.17) is 0 Å². The van der Waals surface area contributed by atoms with Crippen LogP contribution >= 0.6 is 0 Å². The van der Waals surface area contributed by atoms with Crippen LogP contribution in [0.5, 0.6) is 0 Å². The van der Waals surface area contributed by atoms with Crippen molar-refractivity contribution in [2.24, 2.45) is 17.3 Å². The van der Waals surface area contributed by atoms with Crippen LogP contribution in [0.15, 0.2) is 36.5 Å². The molecular weight excluding hydrogens is 242 g/mol. The number of rotatable bonds is 10. The van der Waals surface area contributed by atoms with Crippen LogP contribution in [0.3, 0.4) is 0 Å². The summed E-state index contributed by atoms with van der Waals surface area (Å²) < 4.78 is 0. The molecule has 0 aliphatic heterocycles. The first kappa shape index (κ1) is 19.2. The molecule has 1 nitrogen and oxygen atoms in total. The third kappa shape index (κ3) is 7.69. The highest BCUT2D eigenvalue weighted by Gasteiger charge is 2.27. The average molecular weight is 277 g/mol. The minimum atomic E-state index is 0.388. The van der Waals surface area contributed by atoms with Gasteiger partial charge in [0.05, 0.1) is 0 Å². The van der Waals surface area contributed by atoms with Crippen molar-refractivity contribution in [1.82, 2.24) is 5.32 Å². The normalized spacial score (nSPS) is 15.9. The Hall–Kier alpha value is -0.820. The lowest BCUT2D eigenvalue weighted by molar-refractivity contribution is 0.225. The van der Waals surface area contributed by atoms with Gasteiger partial charge in [-0.1, -0.05) is 70.6 Å². The first-order valence-corrected chi connectivity index (χ1v) is 8.00. The third-order valence-electron chi connectivity index (χ3n) is 4.00. The van der Waals surface area contributed by atoms with Crippen LogP contribution in [0, 0.1) is 17.3 Å². The van der Waals surface area contributed by atoms with E-state index >= 15 is 0 Å². The Morgan fingerprint density at radius 3 is 2.45 bits per heavy atom. The zero-order valence-corrected chi connectivity index (χ0v) is 14.5. The van der Waals surface area contributed by atoms with Crippen LogP contribution in [0.25, 0.3) is 0 Å². The molecule has 0 spiro atoms. The van der Waals surface area contributed by atoms with E-state index in [1.54, 1.807) is 0 Å². The lowest BCUT2D eigenvalue weighted by Gasteiger charge is -2.33. The highest BCUT2D eigenvalue weighted by molar-refractivity contribution is 5.22. The zero-order valence-electron chi connectivity index (χ0n) is 14.5. The first-order valence-electron chi connectivity index (χ1n) is 8.00. The van der Waals surface area contributed by atoms with Crippen molar-refractivity contribution in [3.05, 3.63) is 36.5 Å². The number of nitrogens with one attached hydrogen (secondary N) is 1. The molecular formula is C19H35N. The Morgan fingerprint density at radius 2 is 1.95 bits per heavy atom. The van der Waals surface area contributed by atoms with Gasteiger partial charge in [-0.05, 0) is 50.6 Å². The smallest absolute Gasteiger partial charge is 0.00203 e. The van der Waals surface area contributed by atoms with Crippen molar-refractivity contribution < 1.29 is 0 Å². The second-order valence-corrected chi connectivity index (χ2v) is 6.72. The predicted molar refractivity (Wildman–Crippen MR) is 93.0 cm³/mol. The number of hydrogen-bond acceptors (Lipinski definition) is 1. The summed E-state index contributed by atoms with van der Waals surface area (Å²) in [6, 6.07) is 0. The number of hydrogen-bond donors (Lipinski definition) is 1. The SMILES string of the molecule is C=C(/C=C\C=C/C)C(CC(C)(C)CCC)C(C)CNC. The van der Waals surface area contributed by atoms with Gasteiger partial charge >= 0.3 is 0 Å². The molecule has 0 aliphatic rings. The monoisotopic (exact) mass is 277 g/mol. The van der Waals surface area contributed by atoms with E-state index in [1.165, 1.54) is 24.8 Å². The van der Waals surface area contributed by atoms with E-state index in [0.29, 0.717) is 17.3 Å². The van der Waals surface area contributed by atoms with Crippen molar-refractivity contribution >= 4 is 0 Å². The maximum Gasteiger partial charge on any atom is -0.00203 e. The van der Waals surface area contributed by atoms with Crippen molar-refractivity contribution in [3.8, 4) is 0 Å². The summed E-state index contributed by atoms with van der Waals surface area (Å²) in [7, 11) is 2.03. The molecule has 1 heteroatoms. The summed E-state index contributed by atoms with van der Waals surface area (Å²) in [5.41, 5.74) is 1.65. The van der Waals surface area contributed by atoms with Gasteiger partial charge in [0.2, 0.25) is 0 Å². The molecule has 0 radical (unpaired) electrons. The molecule has 0 aromatic carbocycles. The van der Waals surface area contributed by atoms with Gasteiger partial charge < -0.3 is 5.32 Å². The summed E-state index contributed by atoms with van der Waals surface area (Å²) in [6.07, 6.45) is 12.2. The maximum absolute atomic E-state index is 4.33. The summed E-state index contributed by atoms with van der Waals surface area (Å²) in [4.78, 5) is 0. The molecule has 0 bridgehead atoms. The molecule has 0 saturated carbocycles. The van der Waals surface area contributed by atoms with Gasteiger partial charge in [0.15, 0.2) is 0 Å². The standard InChI is InChI=1S/C19H35N/c1-8-10-11-12-16(3)18(17(4)15-20-7)14-19(5,6)13-9-2/h8,10-12,17-18,20H,3,9,13-15H2,1-2,4-7H3/b10-8-,12-11-. The summed E-state index contributed by atoms with van der Waals surface area (Å²) >= 11 is 0. The topological polar surface area (TPSA) is 12.0 Å². The highest BCUT2D eigenvalue weighted by Crippen LogP contribution is 2.37. The van der Waals surface area contributed by atoms with Crippen molar-refractivity contribution in [2.45, 2.75) is 53.9 Å². The molecule has 0 aliphatic carbocycles. The fourth-order valence-electron chi connectivity index (χ4n) is 2.95. The molecule has 20 heavy (non-hydrogen) atoms. The van der Waals surface area contributed by atoms with Gasteiger partial charge in [0.25, 0.3) is 0 Å². The molecule has 2 atom stereocenters. The van der Waals surface area contributed by atoms with Crippen LogP contribution in [-0.4, -0.2) is 13.6 Å². The lowest BCUT2D eigenvalue weighted by atomic mass is 9.73. The quantitative estimate of drug-likeness (QED) is 0.530. The van der Waals surface area contributed by atoms with Gasteiger partial charge in [-0.15, -0.1) is 0 Å². The fraction of sp³-hybridized carbons (Fsp3) is 0.684. The predicted octanol–water partition coefficient (Wildman–Crippen LogP) is 5.36. The van der Waals surface area contributed by atoms with E-state index in [0.717, 1.165) is 6.54 Å². The lowest BCUT2D eigenvalue weighted by Crippen LogP contribution is -2.28. The molecule has 0 amide bonds. The molecule has 0 aromatic heterocycles. The van der Waals surface area contributed by atoms with Crippen molar-refractivity contribution in [1.29, 1.82) is 0 Å². The van der Waals surface area contributed by atoms with Gasteiger partial charge in [0, 0.05) is 0 Å². The second kappa shape index (κ2) is 9.99. The summed E-state index contributed by atoms with van der Waals surface area (Å²) in [5, 5.41) is 3.31. The molecule has 0 aromatic rings. The Labute approximate surface area is 127 Å². The van der Waals surface area contributed by atoms with E-state index in [1.807, 2.05) is 14.0 Å². The molecule has 2 unspecified atom stereocenters. The Kier molecular flexibility index (Phi) is 9.58. The fourth-order valence-corrected chi connectivity index (χ4v) is 2.95. The van der Waals surface area contributed by atoms with Gasteiger partial charge in [-0.2, -0.15) is 0 Å². The minimum absolute atomic E-state index is 0.388.